The van der Waals surface area contributed by atoms with Crippen LogP contribution >= 0.6 is 0 Å². The van der Waals surface area contributed by atoms with Crippen LogP contribution in [0, 0.1) is 0 Å². The van der Waals surface area contributed by atoms with E-state index in [0.29, 0.717) is 51.7 Å². The van der Waals surface area contributed by atoms with Crippen LogP contribution in [-0.2, 0) is 28.9 Å². The first-order valence-corrected chi connectivity index (χ1v) is 17.3. The van der Waals surface area contributed by atoms with E-state index in [1.807, 2.05) is 0 Å². The van der Waals surface area contributed by atoms with E-state index in [0.717, 1.165) is 69.5 Å². The molecule has 11 nitrogen and oxygen atoms in total. The van der Waals surface area contributed by atoms with Crippen molar-refractivity contribution in [1.82, 2.24) is 19.8 Å². The maximum atomic E-state index is 12.0. The highest BCUT2D eigenvalue weighted by Gasteiger charge is 2.44. The second-order valence-corrected chi connectivity index (χ2v) is 13.6. The van der Waals surface area contributed by atoms with Crippen LogP contribution in [0.1, 0.15) is 55.3 Å². The number of ether oxygens (including phenoxy) is 3. The van der Waals surface area contributed by atoms with Gasteiger partial charge in [-0.1, -0.05) is 30.3 Å². The van der Waals surface area contributed by atoms with Crippen molar-refractivity contribution in [2.75, 3.05) is 70.1 Å². The van der Waals surface area contributed by atoms with Gasteiger partial charge in [-0.3, -0.25) is 4.90 Å². The predicted molar refractivity (Wildman–Crippen MR) is 182 cm³/mol. The number of likely N-dealkylation sites (N-methyl/N-ethyl adjacent to an activating group) is 1. The van der Waals surface area contributed by atoms with Crippen molar-refractivity contribution < 1.29 is 24.1 Å². The molecule has 0 spiro atoms. The van der Waals surface area contributed by atoms with E-state index < -0.39 is 6.09 Å². The highest BCUT2D eigenvalue weighted by Crippen LogP contribution is 2.38. The number of amides is 1. The molecule has 2 bridgehead atoms. The predicted octanol–water partition coefficient (Wildman–Crippen LogP) is 4.94. The van der Waals surface area contributed by atoms with Gasteiger partial charge < -0.3 is 34.0 Å². The largest absolute Gasteiger partial charge is 0.465 e. The average Bonchev–Trinajstić information content (AvgIpc) is 3.62. The molecule has 0 saturated carbocycles. The number of methoxy groups -OCH3 is 1. The summed E-state index contributed by atoms with van der Waals surface area (Å²) < 4.78 is 16.9. The molecule has 3 fully saturated rings. The monoisotopic (exact) mass is 644 g/mol. The fourth-order valence-corrected chi connectivity index (χ4v) is 8.20. The van der Waals surface area contributed by atoms with Gasteiger partial charge >= 0.3 is 12.1 Å². The molecule has 4 aliphatic heterocycles. The number of anilines is 2. The van der Waals surface area contributed by atoms with E-state index in [1.165, 1.54) is 34.0 Å². The Morgan fingerprint density at radius 1 is 1.00 bits per heavy atom. The third-order valence-electron chi connectivity index (χ3n) is 10.6. The lowest BCUT2D eigenvalue weighted by molar-refractivity contribution is -0.0314. The lowest BCUT2D eigenvalue weighted by Gasteiger charge is -2.41. The van der Waals surface area contributed by atoms with Crippen LogP contribution < -0.4 is 14.5 Å². The van der Waals surface area contributed by atoms with Gasteiger partial charge in [0.1, 0.15) is 19.2 Å². The zero-order valence-electron chi connectivity index (χ0n) is 27.8. The molecule has 1 amide bonds. The third-order valence-corrected chi connectivity index (χ3v) is 10.6. The summed E-state index contributed by atoms with van der Waals surface area (Å²) in [5.41, 5.74) is 4.78. The number of likely N-dealkylation sites (tertiary alicyclic amines) is 1. The molecule has 1 N–H and O–H groups in total. The van der Waals surface area contributed by atoms with Crippen LogP contribution in [0.5, 0.6) is 6.01 Å². The minimum absolute atomic E-state index is 0.00546. The van der Waals surface area contributed by atoms with Gasteiger partial charge in [0.25, 0.3) is 0 Å². The van der Waals surface area contributed by atoms with Crippen LogP contribution in [0.25, 0.3) is 10.8 Å². The van der Waals surface area contributed by atoms with Gasteiger partial charge in [-0.15, -0.1) is 0 Å². The Morgan fingerprint density at radius 3 is 2.55 bits per heavy atom. The van der Waals surface area contributed by atoms with E-state index in [9.17, 15) is 9.90 Å². The SMILES string of the molecule is COCOCCCCc1cccc2cccc(N3CCc4c(nc(OC[C@@H]5CCCN5C)nc4N4C[C@H]5CC[C@@H](C4)N5C(=O)O)C3)c12. The topological polar surface area (TPSA) is 104 Å². The molecule has 252 valence electrons. The Morgan fingerprint density at radius 2 is 1.81 bits per heavy atom. The Labute approximate surface area is 277 Å². The van der Waals surface area contributed by atoms with Crippen LogP contribution in [0.15, 0.2) is 36.4 Å². The summed E-state index contributed by atoms with van der Waals surface area (Å²) in [6.07, 6.45) is 7.12. The van der Waals surface area contributed by atoms with Gasteiger partial charge in [-0.25, -0.2) is 4.79 Å². The summed E-state index contributed by atoms with van der Waals surface area (Å²) in [5, 5.41) is 12.4. The Bertz CT molecular complexity index is 1550. The number of fused-ring (bicyclic) bond motifs is 4. The molecule has 3 atom stereocenters. The number of aromatic nitrogens is 2. The zero-order chi connectivity index (χ0) is 32.3. The fraction of sp³-hybridized carbons (Fsp3) is 0.583. The van der Waals surface area contributed by atoms with E-state index in [4.69, 9.17) is 24.2 Å². The standard InChI is InChI=1S/C36H48N6O5/c1-39-17-7-12-29(39)23-47-35-37-31-22-40(18-16-30(31)34(38-35)41-20-27-14-15-28(21-41)42(27)36(43)44)32-13-6-11-26-10-5-9-25(33(26)32)8-3-4-19-46-24-45-2/h5-6,9-11,13,27-29H,3-4,7-8,12,14-24H2,1-2H3,(H,43,44)/t27-,28+,29-/m0/s1. The summed E-state index contributed by atoms with van der Waals surface area (Å²) in [4.78, 5) is 31.0. The van der Waals surface area contributed by atoms with Crippen molar-refractivity contribution in [3.63, 3.8) is 0 Å². The molecule has 47 heavy (non-hydrogen) atoms. The van der Waals surface area contributed by atoms with Gasteiger partial charge in [0.15, 0.2) is 0 Å². The van der Waals surface area contributed by atoms with Crippen LogP contribution in [-0.4, -0.2) is 109 Å². The summed E-state index contributed by atoms with van der Waals surface area (Å²) in [6.45, 7) is 5.54. The second-order valence-electron chi connectivity index (χ2n) is 13.6. The Balaban J connectivity index is 1.17. The van der Waals surface area contributed by atoms with Crippen LogP contribution in [0.2, 0.25) is 0 Å². The van der Waals surface area contributed by atoms with Gasteiger partial charge in [-0.2, -0.15) is 9.97 Å². The number of piperazine rings is 1. The molecule has 5 heterocycles. The maximum absolute atomic E-state index is 12.0. The number of nitrogens with zero attached hydrogens (tertiary/aromatic N) is 6. The quantitative estimate of drug-likeness (QED) is 0.215. The van der Waals surface area contributed by atoms with Gasteiger partial charge in [0.2, 0.25) is 0 Å². The number of rotatable bonds is 12. The van der Waals surface area contributed by atoms with E-state index in [1.54, 1.807) is 12.0 Å². The molecule has 3 saturated heterocycles. The Kier molecular flexibility index (Phi) is 9.65. The van der Waals surface area contributed by atoms with Crippen LogP contribution in [0.4, 0.5) is 16.3 Å². The highest BCUT2D eigenvalue weighted by atomic mass is 16.7. The normalized spacial score (nSPS) is 22.7. The lowest BCUT2D eigenvalue weighted by Crippen LogP contribution is -2.56. The first-order chi connectivity index (χ1) is 23.0. The number of unbranched alkanes of at least 4 members (excludes halogenated alkanes) is 1. The molecule has 1 aromatic heterocycles. The van der Waals surface area contributed by atoms with Crippen molar-refractivity contribution in [3.05, 3.63) is 53.2 Å². The molecular weight excluding hydrogens is 596 g/mol. The van der Waals surface area contributed by atoms with Crippen LogP contribution in [0.3, 0.4) is 0 Å². The summed E-state index contributed by atoms with van der Waals surface area (Å²) in [7, 11) is 3.81. The highest BCUT2D eigenvalue weighted by molar-refractivity contribution is 5.97. The third kappa shape index (κ3) is 6.71. The number of hydrogen-bond donors (Lipinski definition) is 1. The molecule has 4 aliphatic rings. The van der Waals surface area contributed by atoms with Crippen molar-refractivity contribution in [2.24, 2.45) is 0 Å². The molecule has 3 aromatic rings. The van der Waals surface area contributed by atoms with Crippen molar-refractivity contribution in [3.8, 4) is 6.01 Å². The summed E-state index contributed by atoms with van der Waals surface area (Å²) >= 11 is 0. The van der Waals surface area contributed by atoms with Crippen molar-refractivity contribution in [2.45, 2.75) is 76.0 Å². The summed E-state index contributed by atoms with van der Waals surface area (Å²) in [5.74, 6) is 0.931. The second kappa shape index (κ2) is 14.2. The van der Waals surface area contributed by atoms with E-state index >= 15 is 0 Å². The number of carboxylic acid groups (broad SMARTS) is 1. The van der Waals surface area contributed by atoms with Crippen molar-refractivity contribution in [1.29, 1.82) is 0 Å². The summed E-state index contributed by atoms with van der Waals surface area (Å²) in [6, 6.07) is 14.0. The smallest absolute Gasteiger partial charge is 0.407 e. The first kappa shape index (κ1) is 31.9. The average molecular weight is 645 g/mol. The van der Waals surface area contributed by atoms with E-state index in [2.05, 4.69) is 58.1 Å². The number of hydrogen-bond acceptors (Lipinski definition) is 9. The van der Waals surface area contributed by atoms with Crippen molar-refractivity contribution >= 4 is 28.4 Å². The zero-order valence-corrected chi connectivity index (χ0v) is 27.8. The maximum Gasteiger partial charge on any atom is 0.407 e. The van der Waals surface area contributed by atoms with Gasteiger partial charge in [0, 0.05) is 56.0 Å². The minimum atomic E-state index is -0.809. The molecular formula is C36H48N6O5. The number of carbonyl (C=O) groups is 1. The molecule has 2 aromatic carbocycles. The molecule has 7 rings (SSSR count). The minimum Gasteiger partial charge on any atom is -0.465 e. The lowest BCUT2D eigenvalue weighted by atomic mass is 9.96. The van der Waals surface area contributed by atoms with Gasteiger partial charge in [-0.05, 0) is 82.0 Å². The molecule has 0 radical (unpaired) electrons. The molecule has 0 unspecified atom stereocenters. The molecule has 0 aliphatic carbocycles. The fourth-order valence-electron chi connectivity index (χ4n) is 8.20. The van der Waals surface area contributed by atoms with E-state index in [-0.39, 0.29) is 12.1 Å². The van der Waals surface area contributed by atoms with Gasteiger partial charge in [0.05, 0.1) is 24.3 Å². The first-order valence-electron chi connectivity index (χ1n) is 17.3. The number of aryl methyl sites for hydroxylation is 1. The molecule has 11 heteroatoms. The number of benzene rings is 2. The Hall–Kier alpha value is -3.67.